The maximum absolute atomic E-state index is 13.4. The third kappa shape index (κ3) is 5.78. The van der Waals surface area contributed by atoms with Crippen LogP contribution in [0, 0.1) is 12.7 Å². The first-order valence-electron chi connectivity index (χ1n) is 9.87. The molecule has 0 unspecified atom stereocenters. The normalized spacial score (nSPS) is 16.1. The Bertz CT molecular complexity index is 899. The molecule has 160 valence electrons. The number of anilines is 1. The van der Waals surface area contributed by atoms with Crippen molar-refractivity contribution in [1.82, 2.24) is 15.1 Å². The summed E-state index contributed by atoms with van der Waals surface area (Å²) in [5, 5.41) is 5.79. The van der Waals surface area contributed by atoms with Gasteiger partial charge in [0.25, 0.3) is 0 Å². The minimum absolute atomic E-state index is 0.148. The lowest BCUT2D eigenvalue weighted by atomic mass is 10.0. The van der Waals surface area contributed by atoms with Crippen LogP contribution in [0.2, 0.25) is 5.02 Å². The maximum Gasteiger partial charge on any atom is 0.313 e. The Kier molecular flexibility index (Phi) is 7.42. The molecule has 1 aliphatic heterocycles. The van der Waals surface area contributed by atoms with Gasteiger partial charge in [0.1, 0.15) is 5.82 Å². The van der Waals surface area contributed by atoms with Gasteiger partial charge in [-0.15, -0.1) is 0 Å². The van der Waals surface area contributed by atoms with Crippen molar-refractivity contribution in [3.05, 3.63) is 64.4 Å². The second-order valence-corrected chi connectivity index (χ2v) is 7.94. The number of benzene rings is 2. The lowest BCUT2D eigenvalue weighted by Gasteiger charge is -2.38. The van der Waals surface area contributed by atoms with Crippen LogP contribution < -0.4 is 10.6 Å². The standard InChI is InChI=1S/C22H26ClFN4O2/c1-15-3-8-18(13-19(15)23)26-22(30)21(29)25-14-20(16-4-6-17(24)7-5-16)28-11-9-27(2)10-12-28/h3-8,13,20H,9-12,14H2,1-2H3,(H,25,29)(H,26,30)/t20-/m0/s1. The first kappa shape index (κ1) is 22.2. The highest BCUT2D eigenvalue weighted by molar-refractivity contribution is 6.39. The molecule has 0 bridgehead atoms. The van der Waals surface area contributed by atoms with Gasteiger partial charge in [-0.1, -0.05) is 29.8 Å². The van der Waals surface area contributed by atoms with Crippen LogP contribution in [0.4, 0.5) is 10.1 Å². The van der Waals surface area contributed by atoms with Crippen molar-refractivity contribution in [3.63, 3.8) is 0 Å². The van der Waals surface area contributed by atoms with Gasteiger partial charge in [-0.25, -0.2) is 4.39 Å². The molecule has 0 saturated carbocycles. The fourth-order valence-corrected chi connectivity index (χ4v) is 3.58. The molecule has 3 rings (SSSR count). The van der Waals surface area contributed by atoms with Gasteiger partial charge in [0.15, 0.2) is 0 Å². The topological polar surface area (TPSA) is 64.7 Å². The minimum Gasteiger partial charge on any atom is -0.346 e. The molecule has 6 nitrogen and oxygen atoms in total. The van der Waals surface area contributed by atoms with Crippen molar-refractivity contribution in [2.24, 2.45) is 0 Å². The third-order valence-corrected chi connectivity index (χ3v) is 5.73. The van der Waals surface area contributed by atoms with E-state index >= 15 is 0 Å². The second-order valence-electron chi connectivity index (χ2n) is 7.53. The van der Waals surface area contributed by atoms with E-state index in [-0.39, 0.29) is 18.4 Å². The molecule has 0 aromatic heterocycles. The summed E-state index contributed by atoms with van der Waals surface area (Å²) in [6.45, 7) is 5.55. The molecule has 2 N–H and O–H groups in total. The number of carbonyl (C=O) groups excluding carboxylic acids is 2. The van der Waals surface area contributed by atoms with E-state index in [9.17, 15) is 14.0 Å². The van der Waals surface area contributed by atoms with Crippen molar-refractivity contribution < 1.29 is 14.0 Å². The number of piperazine rings is 1. The fraction of sp³-hybridized carbons (Fsp3) is 0.364. The average molecular weight is 433 g/mol. The minimum atomic E-state index is -0.758. The Balaban J connectivity index is 1.65. The van der Waals surface area contributed by atoms with E-state index in [2.05, 4.69) is 27.5 Å². The van der Waals surface area contributed by atoms with E-state index < -0.39 is 11.8 Å². The van der Waals surface area contributed by atoms with Crippen molar-refractivity contribution in [2.75, 3.05) is 45.1 Å². The molecule has 30 heavy (non-hydrogen) atoms. The molecule has 2 aromatic rings. The first-order chi connectivity index (χ1) is 14.3. The zero-order valence-electron chi connectivity index (χ0n) is 17.1. The molecule has 2 aromatic carbocycles. The van der Waals surface area contributed by atoms with Crippen molar-refractivity contribution in [1.29, 1.82) is 0 Å². The number of rotatable bonds is 5. The highest BCUT2D eigenvalue weighted by Gasteiger charge is 2.25. The van der Waals surface area contributed by atoms with Crippen LogP contribution in [0.25, 0.3) is 0 Å². The Hall–Kier alpha value is -2.48. The lowest BCUT2D eigenvalue weighted by Crippen LogP contribution is -2.49. The zero-order chi connectivity index (χ0) is 21.7. The van der Waals surface area contributed by atoms with Crippen LogP contribution in [-0.4, -0.2) is 61.4 Å². The Labute approximate surface area is 181 Å². The summed E-state index contributed by atoms with van der Waals surface area (Å²) in [6, 6.07) is 11.2. The van der Waals surface area contributed by atoms with E-state index in [4.69, 9.17) is 11.6 Å². The number of aryl methyl sites for hydroxylation is 1. The predicted octanol–water partition coefficient (Wildman–Crippen LogP) is 2.83. The summed E-state index contributed by atoms with van der Waals surface area (Å²) in [5.41, 5.74) is 2.24. The summed E-state index contributed by atoms with van der Waals surface area (Å²) in [5.74, 6) is -1.80. The maximum atomic E-state index is 13.4. The Morgan fingerprint density at radius 2 is 1.73 bits per heavy atom. The molecule has 0 spiro atoms. The van der Waals surface area contributed by atoms with Gasteiger partial charge in [-0.2, -0.15) is 0 Å². The largest absolute Gasteiger partial charge is 0.346 e. The van der Waals surface area contributed by atoms with E-state index in [0.29, 0.717) is 10.7 Å². The molecule has 1 heterocycles. The van der Waals surface area contributed by atoms with E-state index in [0.717, 1.165) is 37.3 Å². The summed E-state index contributed by atoms with van der Waals surface area (Å²) in [4.78, 5) is 29.1. The average Bonchev–Trinajstić information content (AvgIpc) is 2.73. The number of amides is 2. The van der Waals surface area contributed by atoms with E-state index in [1.165, 1.54) is 12.1 Å². The lowest BCUT2D eigenvalue weighted by molar-refractivity contribution is -0.136. The van der Waals surface area contributed by atoms with Crippen molar-refractivity contribution in [3.8, 4) is 0 Å². The van der Waals surface area contributed by atoms with E-state index in [1.54, 1.807) is 30.3 Å². The van der Waals surface area contributed by atoms with Gasteiger partial charge in [-0.3, -0.25) is 14.5 Å². The molecule has 1 atom stereocenters. The highest BCUT2D eigenvalue weighted by atomic mass is 35.5. The Morgan fingerprint density at radius 1 is 1.07 bits per heavy atom. The zero-order valence-corrected chi connectivity index (χ0v) is 17.9. The van der Waals surface area contributed by atoms with Gasteiger partial charge in [-0.05, 0) is 49.4 Å². The number of likely N-dealkylation sites (N-methyl/N-ethyl adjacent to an activating group) is 1. The quantitative estimate of drug-likeness (QED) is 0.713. The second kappa shape index (κ2) is 10.0. The highest BCUT2D eigenvalue weighted by Crippen LogP contribution is 2.22. The van der Waals surface area contributed by atoms with Gasteiger partial charge in [0.05, 0.1) is 6.04 Å². The van der Waals surface area contributed by atoms with Gasteiger partial charge in [0.2, 0.25) is 0 Å². The molecule has 1 saturated heterocycles. The smallest absolute Gasteiger partial charge is 0.313 e. The van der Waals surface area contributed by atoms with Crippen LogP contribution in [-0.2, 0) is 9.59 Å². The van der Waals surface area contributed by atoms with Crippen LogP contribution in [0.5, 0.6) is 0 Å². The molecule has 1 aliphatic rings. The molecular weight excluding hydrogens is 407 g/mol. The fourth-order valence-electron chi connectivity index (χ4n) is 3.40. The SMILES string of the molecule is Cc1ccc(NC(=O)C(=O)NC[C@@H](c2ccc(F)cc2)N2CCN(C)CC2)cc1Cl. The van der Waals surface area contributed by atoms with Crippen molar-refractivity contribution >= 4 is 29.1 Å². The van der Waals surface area contributed by atoms with E-state index in [1.807, 2.05) is 6.92 Å². The molecule has 0 radical (unpaired) electrons. The molecular formula is C22H26ClFN4O2. The Morgan fingerprint density at radius 3 is 2.37 bits per heavy atom. The summed E-state index contributed by atoms with van der Waals surface area (Å²) >= 11 is 6.07. The third-order valence-electron chi connectivity index (χ3n) is 5.33. The number of nitrogens with one attached hydrogen (secondary N) is 2. The molecule has 1 fully saturated rings. The van der Waals surface area contributed by atoms with Gasteiger partial charge >= 0.3 is 11.8 Å². The number of hydrogen-bond donors (Lipinski definition) is 2. The van der Waals surface area contributed by atoms with Crippen molar-refractivity contribution in [2.45, 2.75) is 13.0 Å². The number of hydrogen-bond acceptors (Lipinski definition) is 4. The van der Waals surface area contributed by atoms with Crippen LogP contribution >= 0.6 is 11.6 Å². The number of halogens is 2. The van der Waals surface area contributed by atoms with Crippen LogP contribution in [0.1, 0.15) is 17.2 Å². The predicted molar refractivity (Wildman–Crippen MR) is 116 cm³/mol. The molecule has 2 amide bonds. The number of carbonyl (C=O) groups is 2. The monoisotopic (exact) mass is 432 g/mol. The van der Waals surface area contributed by atoms with Gasteiger partial charge < -0.3 is 15.5 Å². The van der Waals surface area contributed by atoms with Crippen LogP contribution in [0.15, 0.2) is 42.5 Å². The van der Waals surface area contributed by atoms with Gasteiger partial charge in [0, 0.05) is 43.4 Å². The number of nitrogens with zero attached hydrogens (tertiary/aromatic N) is 2. The molecule has 8 heteroatoms. The van der Waals surface area contributed by atoms with Crippen LogP contribution in [0.3, 0.4) is 0 Å². The summed E-state index contributed by atoms with van der Waals surface area (Å²) in [7, 11) is 2.06. The summed E-state index contributed by atoms with van der Waals surface area (Å²) < 4.78 is 13.4. The molecule has 0 aliphatic carbocycles. The first-order valence-corrected chi connectivity index (χ1v) is 10.2. The summed E-state index contributed by atoms with van der Waals surface area (Å²) in [6.07, 6.45) is 0.